The van der Waals surface area contributed by atoms with E-state index < -0.39 is 5.79 Å². The molecule has 0 bridgehead atoms. The van der Waals surface area contributed by atoms with Crippen molar-refractivity contribution in [2.75, 3.05) is 13.2 Å². The Hall–Kier alpha value is -0.610. The first kappa shape index (κ1) is 12.8. The highest BCUT2D eigenvalue weighted by molar-refractivity contribution is 5.76. The van der Waals surface area contributed by atoms with Crippen LogP contribution >= 0.6 is 0 Å². The Morgan fingerprint density at radius 3 is 2.65 bits per heavy atom. The maximum atomic E-state index is 11.7. The lowest BCUT2D eigenvalue weighted by molar-refractivity contribution is -0.139. The van der Waals surface area contributed by atoms with Gasteiger partial charge in [0.25, 0.3) is 0 Å². The lowest BCUT2D eigenvalue weighted by Gasteiger charge is -2.17. The van der Waals surface area contributed by atoms with Gasteiger partial charge in [-0.3, -0.25) is 4.79 Å². The Bertz CT molecular complexity index is 272. The Labute approximate surface area is 103 Å². The molecule has 1 saturated heterocycles. The van der Waals surface area contributed by atoms with Gasteiger partial charge < -0.3 is 14.8 Å². The minimum atomic E-state index is -0.499. The van der Waals surface area contributed by atoms with Crippen LogP contribution in [-0.2, 0) is 14.3 Å². The van der Waals surface area contributed by atoms with Crippen molar-refractivity contribution >= 4 is 5.91 Å². The van der Waals surface area contributed by atoms with Gasteiger partial charge in [0, 0.05) is 13.0 Å². The Morgan fingerprint density at radius 1 is 1.35 bits per heavy atom. The number of hydrogen-bond donors (Lipinski definition) is 1. The van der Waals surface area contributed by atoms with Crippen LogP contribution in [0.15, 0.2) is 0 Å². The van der Waals surface area contributed by atoms with Crippen molar-refractivity contribution in [2.45, 2.75) is 57.8 Å². The second-order valence-corrected chi connectivity index (χ2v) is 5.61. The predicted molar refractivity (Wildman–Crippen MR) is 64.5 cm³/mol. The lowest BCUT2D eigenvalue weighted by atomic mass is 10.0. The molecule has 0 aromatic rings. The molecular weight excluding hydrogens is 218 g/mol. The number of carbonyl (C=O) groups is 1. The van der Waals surface area contributed by atoms with Crippen molar-refractivity contribution in [3.8, 4) is 0 Å². The molecule has 17 heavy (non-hydrogen) atoms. The SMILES string of the molecule is CC1(C)OCC(CNC(=O)CC2CCCC2)O1. The van der Waals surface area contributed by atoms with Gasteiger partial charge in [-0.05, 0) is 32.6 Å². The third-order valence-electron chi connectivity index (χ3n) is 3.54. The van der Waals surface area contributed by atoms with E-state index in [1.54, 1.807) is 0 Å². The zero-order valence-corrected chi connectivity index (χ0v) is 10.8. The van der Waals surface area contributed by atoms with Gasteiger partial charge in [-0.1, -0.05) is 12.8 Å². The van der Waals surface area contributed by atoms with Crippen LogP contribution in [0.4, 0.5) is 0 Å². The molecule has 0 spiro atoms. The summed E-state index contributed by atoms with van der Waals surface area (Å²) in [5.41, 5.74) is 0. The number of rotatable bonds is 4. The highest BCUT2D eigenvalue weighted by Gasteiger charge is 2.32. The smallest absolute Gasteiger partial charge is 0.220 e. The maximum absolute atomic E-state index is 11.7. The zero-order chi connectivity index (χ0) is 12.3. The zero-order valence-electron chi connectivity index (χ0n) is 10.8. The molecule has 2 fully saturated rings. The number of carbonyl (C=O) groups excluding carboxylic acids is 1. The van der Waals surface area contributed by atoms with E-state index in [1.807, 2.05) is 13.8 Å². The molecule has 1 amide bonds. The van der Waals surface area contributed by atoms with Crippen LogP contribution in [0, 0.1) is 5.92 Å². The second-order valence-electron chi connectivity index (χ2n) is 5.61. The largest absolute Gasteiger partial charge is 0.353 e. The summed E-state index contributed by atoms with van der Waals surface area (Å²) in [6, 6.07) is 0. The molecule has 0 radical (unpaired) electrons. The van der Waals surface area contributed by atoms with Crippen LogP contribution in [0.2, 0.25) is 0 Å². The summed E-state index contributed by atoms with van der Waals surface area (Å²) in [4.78, 5) is 11.7. The van der Waals surface area contributed by atoms with Crippen LogP contribution in [0.25, 0.3) is 0 Å². The average molecular weight is 241 g/mol. The van der Waals surface area contributed by atoms with E-state index in [0.29, 0.717) is 25.5 Å². The van der Waals surface area contributed by atoms with E-state index in [9.17, 15) is 4.79 Å². The fraction of sp³-hybridized carbons (Fsp3) is 0.923. The monoisotopic (exact) mass is 241 g/mol. The van der Waals surface area contributed by atoms with Gasteiger partial charge in [0.2, 0.25) is 5.91 Å². The van der Waals surface area contributed by atoms with Gasteiger partial charge in [0.15, 0.2) is 5.79 Å². The number of hydrogen-bond acceptors (Lipinski definition) is 3. The van der Waals surface area contributed by atoms with E-state index in [1.165, 1.54) is 25.7 Å². The first-order chi connectivity index (χ1) is 8.05. The molecule has 1 atom stereocenters. The van der Waals surface area contributed by atoms with Crippen LogP contribution in [0.1, 0.15) is 46.0 Å². The highest BCUT2D eigenvalue weighted by Crippen LogP contribution is 2.27. The third kappa shape index (κ3) is 3.96. The van der Waals surface area contributed by atoms with Crippen LogP contribution < -0.4 is 5.32 Å². The van der Waals surface area contributed by atoms with Gasteiger partial charge in [-0.15, -0.1) is 0 Å². The molecule has 2 rings (SSSR count). The van der Waals surface area contributed by atoms with Crippen molar-refractivity contribution in [3.05, 3.63) is 0 Å². The standard InChI is InChI=1S/C13H23NO3/c1-13(2)16-9-11(17-13)8-14-12(15)7-10-5-3-4-6-10/h10-11H,3-9H2,1-2H3,(H,14,15). The molecule has 1 aliphatic carbocycles. The van der Waals surface area contributed by atoms with E-state index in [-0.39, 0.29) is 12.0 Å². The summed E-state index contributed by atoms with van der Waals surface area (Å²) in [7, 11) is 0. The van der Waals surface area contributed by atoms with E-state index in [4.69, 9.17) is 9.47 Å². The fourth-order valence-electron chi connectivity index (χ4n) is 2.64. The normalized spacial score (nSPS) is 28.5. The molecule has 2 aliphatic rings. The molecule has 1 N–H and O–H groups in total. The van der Waals surface area contributed by atoms with Crippen molar-refractivity contribution in [3.63, 3.8) is 0 Å². The predicted octanol–water partition coefficient (Wildman–Crippen LogP) is 1.83. The first-order valence-electron chi connectivity index (χ1n) is 6.64. The van der Waals surface area contributed by atoms with Crippen molar-refractivity contribution < 1.29 is 14.3 Å². The molecule has 1 saturated carbocycles. The van der Waals surface area contributed by atoms with Gasteiger partial charge in [-0.2, -0.15) is 0 Å². The van der Waals surface area contributed by atoms with E-state index in [2.05, 4.69) is 5.32 Å². The summed E-state index contributed by atoms with van der Waals surface area (Å²) in [5.74, 6) is 0.262. The van der Waals surface area contributed by atoms with Gasteiger partial charge in [0.1, 0.15) is 6.10 Å². The molecule has 4 nitrogen and oxygen atoms in total. The fourth-order valence-corrected chi connectivity index (χ4v) is 2.64. The van der Waals surface area contributed by atoms with Crippen LogP contribution in [0.3, 0.4) is 0 Å². The molecule has 4 heteroatoms. The van der Waals surface area contributed by atoms with Crippen LogP contribution in [-0.4, -0.2) is 30.9 Å². The highest BCUT2D eigenvalue weighted by atomic mass is 16.7. The van der Waals surface area contributed by atoms with E-state index in [0.717, 1.165) is 0 Å². The quantitative estimate of drug-likeness (QED) is 0.817. The number of amides is 1. The van der Waals surface area contributed by atoms with Crippen molar-refractivity contribution in [1.29, 1.82) is 0 Å². The van der Waals surface area contributed by atoms with Gasteiger partial charge >= 0.3 is 0 Å². The molecular formula is C13H23NO3. The summed E-state index contributed by atoms with van der Waals surface area (Å²) >= 11 is 0. The summed E-state index contributed by atoms with van der Waals surface area (Å²) < 4.78 is 11.1. The number of ether oxygens (including phenoxy) is 2. The third-order valence-corrected chi connectivity index (χ3v) is 3.54. The van der Waals surface area contributed by atoms with E-state index >= 15 is 0 Å². The summed E-state index contributed by atoms with van der Waals surface area (Å²) in [6.07, 6.45) is 5.67. The Kier molecular flexibility index (Phi) is 4.05. The molecule has 98 valence electrons. The topological polar surface area (TPSA) is 47.6 Å². The summed E-state index contributed by atoms with van der Waals surface area (Å²) in [5, 5.41) is 2.95. The van der Waals surface area contributed by atoms with Gasteiger partial charge in [-0.25, -0.2) is 0 Å². The Morgan fingerprint density at radius 2 is 2.06 bits per heavy atom. The second kappa shape index (κ2) is 5.36. The minimum absolute atomic E-state index is 0.00229. The first-order valence-corrected chi connectivity index (χ1v) is 6.64. The van der Waals surface area contributed by atoms with Crippen molar-refractivity contribution in [2.24, 2.45) is 5.92 Å². The molecule has 0 aromatic carbocycles. The molecule has 1 aliphatic heterocycles. The average Bonchev–Trinajstić information content (AvgIpc) is 2.85. The molecule has 1 heterocycles. The maximum Gasteiger partial charge on any atom is 0.220 e. The van der Waals surface area contributed by atoms with Crippen LogP contribution in [0.5, 0.6) is 0 Å². The number of nitrogens with one attached hydrogen (secondary N) is 1. The van der Waals surface area contributed by atoms with Crippen molar-refractivity contribution in [1.82, 2.24) is 5.32 Å². The molecule has 1 unspecified atom stereocenters. The lowest BCUT2D eigenvalue weighted by Crippen LogP contribution is -2.35. The Balaban J connectivity index is 1.63. The summed E-state index contributed by atoms with van der Waals surface area (Å²) in [6.45, 7) is 4.92. The van der Waals surface area contributed by atoms with Gasteiger partial charge in [0.05, 0.1) is 6.61 Å². The molecule has 0 aromatic heterocycles. The minimum Gasteiger partial charge on any atom is -0.353 e.